The molecule has 1 fully saturated rings. The van der Waals surface area contributed by atoms with Gasteiger partial charge in [-0.3, -0.25) is 0 Å². The van der Waals surface area contributed by atoms with E-state index in [1.165, 1.54) is 25.7 Å². The molecule has 0 bridgehead atoms. The van der Waals surface area contributed by atoms with Gasteiger partial charge < -0.3 is 5.32 Å². The first-order valence-electron chi connectivity index (χ1n) is 5.17. The Hall–Kier alpha value is -0.350. The number of rotatable bonds is 5. The first-order chi connectivity index (χ1) is 7.25. The highest BCUT2D eigenvalue weighted by molar-refractivity contribution is 9.10. The Balaban J connectivity index is 1.78. The zero-order chi connectivity index (χ0) is 10.7. The van der Waals surface area contributed by atoms with E-state index in [0.29, 0.717) is 0 Å². The molecule has 3 nitrogen and oxygen atoms in total. The Morgan fingerprint density at radius 1 is 1.53 bits per heavy atom. The van der Waals surface area contributed by atoms with Crippen LogP contribution in [0.4, 0.5) is 5.82 Å². The van der Waals surface area contributed by atoms with Gasteiger partial charge in [-0.25, -0.2) is 4.98 Å². The molecule has 0 amide bonds. The van der Waals surface area contributed by atoms with E-state index in [9.17, 15) is 0 Å². The van der Waals surface area contributed by atoms with Gasteiger partial charge in [0.1, 0.15) is 5.82 Å². The summed E-state index contributed by atoms with van der Waals surface area (Å²) in [6.07, 6.45) is 7.02. The molecule has 0 unspecified atom stereocenters. The Bertz CT molecular complexity index is 341. The number of halogens is 2. The van der Waals surface area contributed by atoms with Gasteiger partial charge in [-0.15, -0.1) is 0 Å². The van der Waals surface area contributed by atoms with E-state index in [-0.39, 0.29) is 5.28 Å². The molecule has 0 aromatic carbocycles. The molecule has 2 rings (SSSR count). The van der Waals surface area contributed by atoms with Crippen molar-refractivity contribution >= 4 is 33.3 Å². The fourth-order valence-corrected chi connectivity index (χ4v) is 1.94. The Morgan fingerprint density at radius 2 is 2.33 bits per heavy atom. The maximum atomic E-state index is 5.71. The van der Waals surface area contributed by atoms with Crippen LogP contribution < -0.4 is 5.32 Å². The van der Waals surface area contributed by atoms with Gasteiger partial charge in [0.2, 0.25) is 5.28 Å². The van der Waals surface area contributed by atoms with Crippen LogP contribution in [0.25, 0.3) is 0 Å². The van der Waals surface area contributed by atoms with Crippen LogP contribution in [-0.2, 0) is 0 Å². The van der Waals surface area contributed by atoms with E-state index in [1.54, 1.807) is 6.20 Å². The zero-order valence-electron chi connectivity index (χ0n) is 8.34. The molecule has 1 heterocycles. The third-order valence-corrected chi connectivity index (χ3v) is 3.26. The molecule has 1 N–H and O–H groups in total. The van der Waals surface area contributed by atoms with Gasteiger partial charge in [-0.2, -0.15) is 4.98 Å². The van der Waals surface area contributed by atoms with Crippen LogP contribution in [0.5, 0.6) is 0 Å². The summed E-state index contributed by atoms with van der Waals surface area (Å²) in [4.78, 5) is 7.97. The molecule has 1 aliphatic carbocycles. The first kappa shape index (κ1) is 11.1. The minimum absolute atomic E-state index is 0.280. The zero-order valence-corrected chi connectivity index (χ0v) is 10.7. The highest BCUT2D eigenvalue weighted by Gasteiger charge is 2.19. The molecule has 82 valence electrons. The molecular formula is C10H13BrClN3. The number of hydrogen-bond donors (Lipinski definition) is 1. The van der Waals surface area contributed by atoms with Gasteiger partial charge in [0.15, 0.2) is 0 Å². The molecule has 0 aliphatic heterocycles. The molecule has 15 heavy (non-hydrogen) atoms. The van der Waals surface area contributed by atoms with Crippen molar-refractivity contribution in [3.05, 3.63) is 16.0 Å². The second kappa shape index (κ2) is 5.12. The van der Waals surface area contributed by atoms with Gasteiger partial charge in [-0.05, 0) is 46.3 Å². The lowest BCUT2D eigenvalue weighted by Gasteiger charge is -2.06. The fraction of sp³-hybridized carbons (Fsp3) is 0.600. The van der Waals surface area contributed by atoms with Crippen molar-refractivity contribution in [3.8, 4) is 0 Å². The Kier molecular flexibility index (Phi) is 3.81. The molecule has 1 saturated carbocycles. The van der Waals surface area contributed by atoms with Crippen LogP contribution >= 0.6 is 27.5 Å². The van der Waals surface area contributed by atoms with Crippen LogP contribution in [0.1, 0.15) is 25.7 Å². The third-order valence-electron chi connectivity index (χ3n) is 2.49. The standard InChI is InChI=1S/C10H13BrClN3/c11-8-6-14-10(12)15-9(8)13-5-1-2-7-3-4-7/h6-7H,1-5H2,(H,13,14,15). The summed E-state index contributed by atoms with van der Waals surface area (Å²) in [7, 11) is 0. The van der Waals surface area contributed by atoms with Gasteiger partial charge in [0.25, 0.3) is 0 Å². The van der Waals surface area contributed by atoms with Crippen molar-refractivity contribution in [2.45, 2.75) is 25.7 Å². The summed E-state index contributed by atoms with van der Waals surface area (Å²) in [6, 6.07) is 0. The molecule has 5 heteroatoms. The molecule has 1 aromatic heterocycles. The summed E-state index contributed by atoms with van der Waals surface area (Å²) in [5, 5.41) is 3.53. The lowest BCUT2D eigenvalue weighted by molar-refractivity contribution is 0.686. The van der Waals surface area contributed by atoms with Crippen molar-refractivity contribution in [3.63, 3.8) is 0 Å². The Morgan fingerprint density at radius 3 is 3.07 bits per heavy atom. The number of anilines is 1. The van der Waals surface area contributed by atoms with Crippen molar-refractivity contribution in [1.29, 1.82) is 0 Å². The van der Waals surface area contributed by atoms with Crippen molar-refractivity contribution < 1.29 is 0 Å². The summed E-state index contributed by atoms with van der Waals surface area (Å²) in [5.74, 6) is 1.77. The van der Waals surface area contributed by atoms with Crippen molar-refractivity contribution in [2.75, 3.05) is 11.9 Å². The molecule has 0 saturated heterocycles. The minimum atomic E-state index is 0.280. The highest BCUT2D eigenvalue weighted by Crippen LogP contribution is 2.33. The topological polar surface area (TPSA) is 37.8 Å². The number of aromatic nitrogens is 2. The number of hydrogen-bond acceptors (Lipinski definition) is 3. The van der Waals surface area contributed by atoms with E-state index in [4.69, 9.17) is 11.6 Å². The molecule has 1 aliphatic rings. The minimum Gasteiger partial charge on any atom is -0.369 e. The average Bonchev–Trinajstić information content (AvgIpc) is 3.01. The largest absolute Gasteiger partial charge is 0.369 e. The average molecular weight is 291 g/mol. The summed E-state index contributed by atoms with van der Waals surface area (Å²) < 4.78 is 0.860. The van der Waals surface area contributed by atoms with Crippen LogP contribution in [0.2, 0.25) is 5.28 Å². The second-order valence-corrected chi connectivity index (χ2v) is 5.04. The van der Waals surface area contributed by atoms with E-state index < -0.39 is 0 Å². The lowest BCUT2D eigenvalue weighted by atomic mass is 10.2. The van der Waals surface area contributed by atoms with Crippen molar-refractivity contribution in [2.24, 2.45) is 5.92 Å². The van der Waals surface area contributed by atoms with E-state index in [2.05, 4.69) is 31.2 Å². The fourth-order valence-electron chi connectivity index (χ4n) is 1.47. The predicted molar refractivity (Wildman–Crippen MR) is 65.2 cm³/mol. The van der Waals surface area contributed by atoms with Gasteiger partial charge in [-0.1, -0.05) is 12.8 Å². The van der Waals surface area contributed by atoms with E-state index in [0.717, 1.165) is 22.8 Å². The summed E-state index contributed by atoms with van der Waals surface area (Å²) in [5.41, 5.74) is 0. The van der Waals surface area contributed by atoms with E-state index in [1.807, 2.05) is 0 Å². The normalized spacial score (nSPS) is 15.3. The maximum absolute atomic E-state index is 5.71. The Labute approximate surface area is 103 Å². The molecule has 1 aromatic rings. The third kappa shape index (κ3) is 3.61. The lowest BCUT2D eigenvalue weighted by Crippen LogP contribution is -2.04. The number of nitrogens with one attached hydrogen (secondary N) is 1. The molecular weight excluding hydrogens is 277 g/mol. The predicted octanol–water partition coefficient (Wildman–Crippen LogP) is 3.49. The van der Waals surface area contributed by atoms with E-state index >= 15 is 0 Å². The van der Waals surface area contributed by atoms with Crippen LogP contribution in [-0.4, -0.2) is 16.5 Å². The van der Waals surface area contributed by atoms with Gasteiger partial charge >= 0.3 is 0 Å². The highest BCUT2D eigenvalue weighted by atomic mass is 79.9. The van der Waals surface area contributed by atoms with Gasteiger partial charge in [0.05, 0.1) is 4.47 Å². The second-order valence-electron chi connectivity index (χ2n) is 3.85. The maximum Gasteiger partial charge on any atom is 0.224 e. The summed E-state index contributed by atoms with van der Waals surface area (Å²) in [6.45, 7) is 0.947. The first-order valence-corrected chi connectivity index (χ1v) is 6.34. The molecule has 0 spiro atoms. The smallest absolute Gasteiger partial charge is 0.224 e. The summed E-state index contributed by atoms with van der Waals surface area (Å²) >= 11 is 9.08. The number of nitrogens with zero attached hydrogens (tertiary/aromatic N) is 2. The quantitative estimate of drug-likeness (QED) is 0.666. The van der Waals surface area contributed by atoms with Crippen molar-refractivity contribution in [1.82, 2.24) is 9.97 Å². The molecule has 0 radical (unpaired) electrons. The van der Waals surface area contributed by atoms with Crippen LogP contribution in [0.15, 0.2) is 10.7 Å². The molecule has 0 atom stereocenters. The SMILES string of the molecule is Clc1ncc(Br)c(NCCCC2CC2)n1. The van der Waals surface area contributed by atoms with Crippen LogP contribution in [0, 0.1) is 5.92 Å². The monoisotopic (exact) mass is 289 g/mol. The van der Waals surface area contributed by atoms with Crippen LogP contribution in [0.3, 0.4) is 0 Å². The van der Waals surface area contributed by atoms with Gasteiger partial charge in [0, 0.05) is 12.7 Å².